The minimum Gasteiger partial charge on any atom is -0.443 e. The van der Waals surface area contributed by atoms with Crippen LogP contribution >= 0.6 is 0 Å². The molecule has 6 heteroatoms. The minimum atomic E-state index is -0.981. The molecule has 2 heterocycles. The van der Waals surface area contributed by atoms with Gasteiger partial charge in [0.25, 0.3) is 5.91 Å². The first-order valence-corrected chi connectivity index (χ1v) is 8.99. The molecule has 27 heavy (non-hydrogen) atoms. The number of carbonyl (C=O) groups excluding carboxylic acids is 2. The van der Waals surface area contributed by atoms with E-state index in [-0.39, 0.29) is 11.6 Å². The number of amides is 1. The monoisotopic (exact) mass is 361 g/mol. The molecule has 6 nitrogen and oxygen atoms in total. The molecule has 3 aromatic rings. The number of ether oxygens (including phenoxy) is 1. The van der Waals surface area contributed by atoms with Crippen LogP contribution in [0.4, 0.5) is 0 Å². The maximum absolute atomic E-state index is 12.9. The second-order valence-electron chi connectivity index (χ2n) is 6.47. The Bertz CT molecular complexity index is 969. The Morgan fingerprint density at radius 3 is 2.33 bits per heavy atom. The molecule has 1 aliphatic heterocycles. The van der Waals surface area contributed by atoms with Gasteiger partial charge >= 0.3 is 5.97 Å². The lowest BCUT2D eigenvalue weighted by atomic mass is 10.1. The number of nitrogens with zero attached hydrogens (tertiary/aromatic N) is 3. The highest BCUT2D eigenvalue weighted by atomic mass is 16.5. The molecule has 0 unspecified atom stereocenters. The smallest absolute Gasteiger partial charge is 0.359 e. The predicted octanol–water partition coefficient (Wildman–Crippen LogP) is 3.15. The third kappa shape index (κ3) is 3.65. The molecule has 0 aliphatic carbocycles. The van der Waals surface area contributed by atoms with E-state index in [4.69, 9.17) is 4.74 Å². The van der Waals surface area contributed by atoms with Gasteiger partial charge in [0.2, 0.25) is 6.10 Å². The van der Waals surface area contributed by atoms with E-state index >= 15 is 0 Å². The summed E-state index contributed by atoms with van der Waals surface area (Å²) in [6, 6.07) is 16.4. The Morgan fingerprint density at radius 2 is 1.59 bits per heavy atom. The summed E-state index contributed by atoms with van der Waals surface area (Å²) in [5.74, 6) is -0.851. The number of hydrogen-bond donors (Lipinski definition) is 0. The van der Waals surface area contributed by atoms with Crippen LogP contribution in [0.25, 0.3) is 11.0 Å². The summed E-state index contributed by atoms with van der Waals surface area (Å²) in [5, 5.41) is 0. The molecule has 1 atom stereocenters. The van der Waals surface area contributed by atoms with Gasteiger partial charge in [0.1, 0.15) is 0 Å². The number of carbonyl (C=O) groups is 2. The topological polar surface area (TPSA) is 72.4 Å². The van der Waals surface area contributed by atoms with Crippen LogP contribution in [0.1, 0.15) is 35.0 Å². The van der Waals surface area contributed by atoms with E-state index in [1.54, 1.807) is 23.1 Å². The van der Waals surface area contributed by atoms with Crippen molar-refractivity contribution in [1.29, 1.82) is 0 Å². The van der Waals surface area contributed by atoms with E-state index in [2.05, 4.69) is 9.97 Å². The van der Waals surface area contributed by atoms with Crippen molar-refractivity contribution in [2.75, 3.05) is 13.1 Å². The van der Waals surface area contributed by atoms with Gasteiger partial charge < -0.3 is 9.64 Å². The molecule has 0 saturated carbocycles. The highest BCUT2D eigenvalue weighted by molar-refractivity contribution is 5.92. The van der Waals surface area contributed by atoms with Crippen LogP contribution in [0.15, 0.2) is 60.8 Å². The van der Waals surface area contributed by atoms with Crippen molar-refractivity contribution in [2.45, 2.75) is 18.9 Å². The summed E-state index contributed by atoms with van der Waals surface area (Å²) in [4.78, 5) is 35.9. The largest absolute Gasteiger partial charge is 0.443 e. The Morgan fingerprint density at radius 1 is 0.926 bits per heavy atom. The Balaban J connectivity index is 1.61. The van der Waals surface area contributed by atoms with Crippen molar-refractivity contribution in [1.82, 2.24) is 14.9 Å². The van der Waals surface area contributed by atoms with E-state index < -0.39 is 12.1 Å². The lowest BCUT2D eigenvalue weighted by Crippen LogP contribution is -2.35. The van der Waals surface area contributed by atoms with Gasteiger partial charge in [0, 0.05) is 18.7 Å². The van der Waals surface area contributed by atoms with Crippen molar-refractivity contribution in [3.05, 3.63) is 72.1 Å². The van der Waals surface area contributed by atoms with Gasteiger partial charge in [-0.15, -0.1) is 0 Å². The molecule has 1 saturated heterocycles. The molecule has 4 rings (SSSR count). The zero-order valence-corrected chi connectivity index (χ0v) is 14.7. The Kier molecular flexibility index (Phi) is 4.78. The number of likely N-dealkylation sites (tertiary alicyclic amines) is 1. The SMILES string of the molecule is O=C(O[C@H](C(=O)N1CCCC1)c1ccccc1)c1cnc2ccccc2n1. The fraction of sp³-hybridized carbons (Fsp3) is 0.238. The van der Waals surface area contributed by atoms with E-state index in [1.807, 2.05) is 36.4 Å². The van der Waals surface area contributed by atoms with Gasteiger partial charge in [-0.05, 0) is 25.0 Å². The molecular weight excluding hydrogens is 342 g/mol. The molecule has 2 aromatic carbocycles. The molecule has 0 spiro atoms. The van der Waals surface area contributed by atoms with Gasteiger partial charge in [-0.25, -0.2) is 9.78 Å². The van der Waals surface area contributed by atoms with Crippen LogP contribution in [-0.2, 0) is 9.53 Å². The highest BCUT2D eigenvalue weighted by Crippen LogP contribution is 2.24. The third-order valence-corrected chi connectivity index (χ3v) is 4.63. The standard InChI is InChI=1S/C21H19N3O3/c25-20(24-12-6-7-13-24)19(15-8-2-1-3-9-15)27-21(26)18-14-22-16-10-4-5-11-17(16)23-18/h1-5,8-11,14,19H,6-7,12-13H2/t19-/m0/s1. The number of fused-ring (bicyclic) bond motifs is 1. The van der Waals surface area contributed by atoms with Crippen molar-refractivity contribution in [3.8, 4) is 0 Å². The van der Waals surface area contributed by atoms with E-state index in [9.17, 15) is 9.59 Å². The van der Waals surface area contributed by atoms with Crippen LogP contribution < -0.4 is 0 Å². The second-order valence-corrected chi connectivity index (χ2v) is 6.47. The van der Waals surface area contributed by atoms with Gasteiger partial charge in [-0.1, -0.05) is 42.5 Å². The Labute approximate surface area is 156 Å². The summed E-state index contributed by atoms with van der Waals surface area (Å²) in [6.07, 6.45) is 2.34. The van der Waals surface area contributed by atoms with Crippen molar-refractivity contribution in [2.24, 2.45) is 0 Å². The van der Waals surface area contributed by atoms with Crippen molar-refractivity contribution in [3.63, 3.8) is 0 Å². The zero-order valence-electron chi connectivity index (χ0n) is 14.7. The van der Waals surface area contributed by atoms with Gasteiger partial charge in [-0.3, -0.25) is 9.78 Å². The average Bonchev–Trinajstić information content (AvgIpc) is 3.26. The summed E-state index contributed by atoms with van der Waals surface area (Å²) < 4.78 is 5.61. The third-order valence-electron chi connectivity index (χ3n) is 4.63. The number of para-hydroxylation sites is 2. The van der Waals surface area contributed by atoms with Crippen LogP contribution in [0.2, 0.25) is 0 Å². The highest BCUT2D eigenvalue weighted by Gasteiger charge is 2.31. The van der Waals surface area contributed by atoms with Crippen LogP contribution in [-0.4, -0.2) is 39.8 Å². The summed E-state index contributed by atoms with van der Waals surface area (Å²) in [5.41, 5.74) is 2.04. The molecule has 1 amide bonds. The van der Waals surface area contributed by atoms with Gasteiger partial charge in [-0.2, -0.15) is 0 Å². The number of esters is 1. The first-order valence-electron chi connectivity index (χ1n) is 8.99. The van der Waals surface area contributed by atoms with E-state index in [0.29, 0.717) is 29.7 Å². The fourth-order valence-electron chi connectivity index (χ4n) is 3.22. The maximum Gasteiger partial charge on any atom is 0.359 e. The molecule has 1 aromatic heterocycles. The van der Waals surface area contributed by atoms with E-state index in [0.717, 1.165) is 12.8 Å². The fourth-order valence-corrected chi connectivity index (χ4v) is 3.22. The maximum atomic E-state index is 12.9. The minimum absolute atomic E-state index is 0.0869. The first-order chi connectivity index (χ1) is 13.2. The predicted molar refractivity (Wildman–Crippen MR) is 100.0 cm³/mol. The average molecular weight is 361 g/mol. The lowest BCUT2D eigenvalue weighted by Gasteiger charge is -2.23. The quantitative estimate of drug-likeness (QED) is 0.668. The lowest BCUT2D eigenvalue weighted by molar-refractivity contribution is -0.140. The van der Waals surface area contributed by atoms with Crippen molar-refractivity contribution >= 4 is 22.9 Å². The first kappa shape index (κ1) is 17.1. The Hall–Kier alpha value is -3.28. The molecular formula is C21H19N3O3. The summed E-state index contributed by atoms with van der Waals surface area (Å²) >= 11 is 0. The summed E-state index contributed by atoms with van der Waals surface area (Å²) in [7, 11) is 0. The molecule has 136 valence electrons. The normalized spacial score (nSPS) is 14.9. The van der Waals surface area contributed by atoms with Crippen LogP contribution in [0.5, 0.6) is 0 Å². The zero-order chi connectivity index (χ0) is 18.6. The number of benzene rings is 2. The van der Waals surface area contributed by atoms with E-state index in [1.165, 1.54) is 6.20 Å². The van der Waals surface area contributed by atoms with Gasteiger partial charge in [0.05, 0.1) is 17.2 Å². The van der Waals surface area contributed by atoms with Crippen LogP contribution in [0, 0.1) is 0 Å². The van der Waals surface area contributed by atoms with Gasteiger partial charge in [0.15, 0.2) is 5.69 Å². The summed E-state index contributed by atoms with van der Waals surface area (Å²) in [6.45, 7) is 1.38. The number of aromatic nitrogens is 2. The molecule has 0 radical (unpaired) electrons. The van der Waals surface area contributed by atoms with Crippen LogP contribution in [0.3, 0.4) is 0 Å². The molecule has 1 aliphatic rings. The number of hydrogen-bond acceptors (Lipinski definition) is 5. The molecule has 1 fully saturated rings. The second kappa shape index (κ2) is 7.53. The molecule has 0 N–H and O–H groups in total. The molecule has 0 bridgehead atoms. The number of rotatable bonds is 4. The van der Waals surface area contributed by atoms with Crippen molar-refractivity contribution < 1.29 is 14.3 Å².